The normalized spacial score (nSPS) is 12.4. The fraction of sp³-hybridized carbons (Fsp3) is 0.462. The molecule has 0 radical (unpaired) electrons. The minimum Gasteiger partial charge on any atom is -0.435 e. The molecule has 0 saturated carbocycles. The van der Waals surface area contributed by atoms with Gasteiger partial charge in [0, 0.05) is 11.7 Å². The van der Waals surface area contributed by atoms with Gasteiger partial charge in [0.15, 0.2) is 0 Å². The highest BCUT2D eigenvalue weighted by atomic mass is 19.3. The van der Waals surface area contributed by atoms with E-state index in [0.29, 0.717) is 11.6 Å². The third-order valence-corrected chi connectivity index (χ3v) is 2.70. The van der Waals surface area contributed by atoms with E-state index in [1.165, 1.54) is 24.3 Å². The van der Waals surface area contributed by atoms with E-state index in [0.717, 1.165) is 0 Å². The highest BCUT2D eigenvalue weighted by Crippen LogP contribution is 2.17. The topological polar surface area (TPSA) is 50.4 Å². The fourth-order valence-corrected chi connectivity index (χ4v) is 1.26. The number of hydrogen-bond donors (Lipinski definition) is 2. The van der Waals surface area contributed by atoms with Crippen molar-refractivity contribution >= 4 is 11.7 Å². The number of halogens is 2. The van der Waals surface area contributed by atoms with E-state index >= 15 is 0 Å². The molecule has 106 valence electrons. The van der Waals surface area contributed by atoms with Gasteiger partial charge in [0.2, 0.25) is 0 Å². The maximum absolute atomic E-state index is 11.9. The number of ether oxygens (including phenoxy) is 1. The zero-order chi connectivity index (χ0) is 14.4. The maximum Gasteiger partial charge on any atom is 0.387 e. The lowest BCUT2D eigenvalue weighted by atomic mass is 10.1. The largest absolute Gasteiger partial charge is 0.435 e. The molecule has 6 heteroatoms. The van der Waals surface area contributed by atoms with E-state index in [4.69, 9.17) is 0 Å². The van der Waals surface area contributed by atoms with Gasteiger partial charge in [-0.15, -0.1) is 0 Å². The van der Waals surface area contributed by atoms with Crippen molar-refractivity contribution in [1.82, 2.24) is 5.32 Å². The van der Waals surface area contributed by atoms with Gasteiger partial charge in [-0.2, -0.15) is 8.78 Å². The molecule has 2 amide bonds. The number of hydrogen-bond acceptors (Lipinski definition) is 2. The van der Waals surface area contributed by atoms with Crippen LogP contribution >= 0.6 is 0 Å². The highest BCUT2D eigenvalue weighted by Gasteiger charge is 2.10. The summed E-state index contributed by atoms with van der Waals surface area (Å²) in [7, 11) is 0. The molecule has 0 aromatic heterocycles. The average molecular weight is 272 g/mol. The van der Waals surface area contributed by atoms with Crippen molar-refractivity contribution in [2.24, 2.45) is 5.92 Å². The van der Waals surface area contributed by atoms with Crippen LogP contribution in [0.5, 0.6) is 5.75 Å². The van der Waals surface area contributed by atoms with E-state index in [-0.39, 0.29) is 17.8 Å². The van der Waals surface area contributed by atoms with E-state index < -0.39 is 6.61 Å². The highest BCUT2D eigenvalue weighted by molar-refractivity contribution is 5.89. The van der Waals surface area contributed by atoms with Crippen molar-refractivity contribution in [3.05, 3.63) is 24.3 Å². The van der Waals surface area contributed by atoms with Crippen LogP contribution < -0.4 is 15.4 Å². The number of rotatable bonds is 5. The second-order valence-corrected chi connectivity index (χ2v) is 4.53. The first-order chi connectivity index (χ1) is 8.88. The van der Waals surface area contributed by atoms with Crippen molar-refractivity contribution in [3.63, 3.8) is 0 Å². The molecule has 0 bridgehead atoms. The smallest absolute Gasteiger partial charge is 0.387 e. The SMILES string of the molecule is CC(C)C(C)NC(=O)Nc1ccc(OC(F)F)cc1. The number of carbonyl (C=O) groups is 1. The van der Waals surface area contributed by atoms with Gasteiger partial charge in [0.25, 0.3) is 0 Å². The number of nitrogens with one attached hydrogen (secondary N) is 2. The Morgan fingerprint density at radius 3 is 2.21 bits per heavy atom. The molecular formula is C13H18F2N2O2. The van der Waals surface area contributed by atoms with Gasteiger partial charge in [-0.05, 0) is 37.1 Å². The van der Waals surface area contributed by atoms with Crippen LogP contribution in [0.25, 0.3) is 0 Å². The summed E-state index contributed by atoms with van der Waals surface area (Å²) in [6.45, 7) is 3.06. The molecule has 1 unspecified atom stereocenters. The molecule has 1 rings (SSSR count). The second-order valence-electron chi connectivity index (χ2n) is 4.53. The summed E-state index contributed by atoms with van der Waals surface area (Å²) >= 11 is 0. The van der Waals surface area contributed by atoms with Gasteiger partial charge in [0.05, 0.1) is 0 Å². The quantitative estimate of drug-likeness (QED) is 0.862. The Hall–Kier alpha value is -1.85. The molecule has 1 aromatic carbocycles. The van der Waals surface area contributed by atoms with Crippen LogP contribution in [-0.4, -0.2) is 18.7 Å². The van der Waals surface area contributed by atoms with Gasteiger partial charge in [0.1, 0.15) is 5.75 Å². The third kappa shape index (κ3) is 5.54. The van der Waals surface area contributed by atoms with Gasteiger partial charge in [-0.25, -0.2) is 4.79 Å². The molecule has 2 N–H and O–H groups in total. The van der Waals surface area contributed by atoms with Gasteiger partial charge >= 0.3 is 12.6 Å². The predicted octanol–water partition coefficient (Wildman–Crippen LogP) is 3.45. The van der Waals surface area contributed by atoms with E-state index in [1.807, 2.05) is 20.8 Å². The Morgan fingerprint density at radius 2 is 1.74 bits per heavy atom. The third-order valence-electron chi connectivity index (χ3n) is 2.70. The lowest BCUT2D eigenvalue weighted by Gasteiger charge is -2.17. The summed E-state index contributed by atoms with van der Waals surface area (Å²) in [6, 6.07) is 5.45. The Balaban J connectivity index is 2.51. The fourth-order valence-electron chi connectivity index (χ4n) is 1.26. The number of anilines is 1. The maximum atomic E-state index is 11.9. The molecule has 0 aliphatic rings. The number of benzene rings is 1. The lowest BCUT2D eigenvalue weighted by Crippen LogP contribution is -2.38. The van der Waals surface area contributed by atoms with Gasteiger partial charge in [-0.1, -0.05) is 13.8 Å². The van der Waals surface area contributed by atoms with Gasteiger partial charge in [-0.3, -0.25) is 0 Å². The first-order valence-corrected chi connectivity index (χ1v) is 6.01. The van der Waals surface area contributed by atoms with Crippen molar-refractivity contribution in [3.8, 4) is 5.75 Å². The van der Waals surface area contributed by atoms with Crippen LogP contribution in [0.4, 0.5) is 19.3 Å². The van der Waals surface area contributed by atoms with E-state index in [2.05, 4.69) is 15.4 Å². The summed E-state index contributed by atoms with van der Waals surface area (Å²) < 4.78 is 28.1. The lowest BCUT2D eigenvalue weighted by molar-refractivity contribution is -0.0498. The molecule has 0 spiro atoms. The van der Waals surface area contributed by atoms with Crippen molar-refractivity contribution in [2.75, 3.05) is 5.32 Å². The number of amides is 2. The summed E-state index contributed by atoms with van der Waals surface area (Å²) in [6.07, 6.45) is 0. The summed E-state index contributed by atoms with van der Waals surface area (Å²) in [5.41, 5.74) is 0.509. The standard InChI is InChI=1S/C13H18F2N2O2/c1-8(2)9(3)16-13(18)17-10-4-6-11(7-5-10)19-12(14)15/h4-9,12H,1-3H3,(H2,16,17,18). The Labute approximate surface area is 111 Å². The second kappa shape index (κ2) is 6.92. The van der Waals surface area contributed by atoms with Gasteiger partial charge < -0.3 is 15.4 Å². The molecule has 4 nitrogen and oxygen atoms in total. The molecule has 19 heavy (non-hydrogen) atoms. The van der Waals surface area contributed by atoms with Crippen LogP contribution in [0.15, 0.2) is 24.3 Å². The molecule has 1 aromatic rings. The molecule has 0 fully saturated rings. The zero-order valence-electron chi connectivity index (χ0n) is 11.1. The van der Waals surface area contributed by atoms with Crippen molar-refractivity contribution in [1.29, 1.82) is 0 Å². The van der Waals surface area contributed by atoms with Crippen LogP contribution in [0.2, 0.25) is 0 Å². The molecule has 0 aliphatic carbocycles. The predicted molar refractivity (Wildman–Crippen MR) is 69.5 cm³/mol. The Bertz CT molecular complexity index is 408. The monoisotopic (exact) mass is 272 g/mol. The van der Waals surface area contributed by atoms with Crippen LogP contribution in [-0.2, 0) is 0 Å². The molecule has 1 atom stereocenters. The zero-order valence-corrected chi connectivity index (χ0v) is 11.1. The van der Waals surface area contributed by atoms with Crippen molar-refractivity contribution < 1.29 is 18.3 Å². The average Bonchev–Trinajstić information content (AvgIpc) is 2.30. The van der Waals surface area contributed by atoms with Crippen LogP contribution in [0.3, 0.4) is 0 Å². The number of carbonyl (C=O) groups excluding carboxylic acids is 1. The van der Waals surface area contributed by atoms with E-state index in [1.54, 1.807) is 0 Å². The Morgan fingerprint density at radius 1 is 1.16 bits per heavy atom. The molecular weight excluding hydrogens is 254 g/mol. The molecule has 0 heterocycles. The first-order valence-electron chi connectivity index (χ1n) is 6.01. The molecule has 0 aliphatic heterocycles. The van der Waals surface area contributed by atoms with E-state index in [9.17, 15) is 13.6 Å². The number of urea groups is 1. The Kier molecular flexibility index (Phi) is 5.54. The van der Waals surface area contributed by atoms with Crippen LogP contribution in [0, 0.1) is 5.92 Å². The number of alkyl halides is 2. The summed E-state index contributed by atoms with van der Waals surface area (Å²) in [5, 5.41) is 5.39. The molecule has 0 saturated heterocycles. The summed E-state index contributed by atoms with van der Waals surface area (Å²) in [5.74, 6) is 0.379. The minimum absolute atomic E-state index is 0.0430. The van der Waals surface area contributed by atoms with Crippen LogP contribution in [0.1, 0.15) is 20.8 Å². The first kappa shape index (κ1) is 15.2. The van der Waals surface area contributed by atoms with Crippen molar-refractivity contribution in [2.45, 2.75) is 33.4 Å². The minimum atomic E-state index is -2.85. The summed E-state index contributed by atoms with van der Waals surface area (Å²) in [4.78, 5) is 11.6.